The van der Waals surface area contributed by atoms with E-state index in [1.165, 1.54) is 0 Å². The first-order valence-electron chi connectivity index (χ1n) is 8.63. The zero-order valence-corrected chi connectivity index (χ0v) is 15.4. The van der Waals surface area contributed by atoms with Gasteiger partial charge in [-0.2, -0.15) is 0 Å². The molecule has 0 unspecified atom stereocenters. The Kier molecular flexibility index (Phi) is 4.89. The maximum absolute atomic E-state index is 12.8. The molecule has 1 heterocycles. The molecule has 0 atom stereocenters. The van der Waals surface area contributed by atoms with Gasteiger partial charge < -0.3 is 19.0 Å². The molecule has 3 rings (SSSR count). The van der Waals surface area contributed by atoms with Gasteiger partial charge in [0.1, 0.15) is 17.3 Å². The highest BCUT2D eigenvalue weighted by atomic mass is 16.5. The molecule has 0 saturated carbocycles. The van der Waals surface area contributed by atoms with Crippen LogP contribution in [0.15, 0.2) is 39.5 Å². The highest BCUT2D eigenvalue weighted by Crippen LogP contribution is 2.36. The van der Waals surface area contributed by atoms with Crippen LogP contribution in [0.25, 0.3) is 21.9 Å². The summed E-state index contributed by atoms with van der Waals surface area (Å²) >= 11 is 0. The summed E-state index contributed by atoms with van der Waals surface area (Å²) in [5.41, 5.74) is 1.31. The lowest BCUT2D eigenvalue weighted by atomic mass is 10.1. The standard InChI is InChI=1S/C21H22O5/c1-5-24-18-10-14(7-8-16(18)22)15-9-17(23)20-12(3)26-13(4)21(20)19(11-15)25-6-2/h7-11,22H,5-6H2,1-4H3. The van der Waals surface area contributed by atoms with Crippen LogP contribution >= 0.6 is 0 Å². The predicted molar refractivity (Wildman–Crippen MR) is 101 cm³/mol. The van der Waals surface area contributed by atoms with Crippen molar-refractivity contribution in [3.8, 4) is 28.4 Å². The number of ether oxygens (including phenoxy) is 2. The number of benzene rings is 1. The summed E-state index contributed by atoms with van der Waals surface area (Å²) in [6, 6.07) is 8.42. The molecular formula is C21H22O5. The number of fused-ring (bicyclic) bond motifs is 1. The number of phenolic OH excluding ortho intramolecular Hbond substituents is 1. The Labute approximate surface area is 151 Å². The van der Waals surface area contributed by atoms with Crippen LogP contribution in [0.1, 0.15) is 25.4 Å². The van der Waals surface area contributed by atoms with Gasteiger partial charge in [-0.15, -0.1) is 0 Å². The van der Waals surface area contributed by atoms with Crippen LogP contribution < -0.4 is 14.9 Å². The first-order chi connectivity index (χ1) is 12.5. The second-order valence-corrected chi connectivity index (χ2v) is 5.99. The van der Waals surface area contributed by atoms with Crippen LogP contribution in [0.2, 0.25) is 0 Å². The highest BCUT2D eigenvalue weighted by Gasteiger charge is 2.16. The molecule has 0 saturated heterocycles. The molecule has 1 aromatic heterocycles. The third kappa shape index (κ3) is 3.12. The van der Waals surface area contributed by atoms with Gasteiger partial charge in [-0.05, 0) is 63.1 Å². The van der Waals surface area contributed by atoms with E-state index < -0.39 is 0 Å². The first-order valence-corrected chi connectivity index (χ1v) is 8.63. The molecule has 0 radical (unpaired) electrons. The van der Waals surface area contributed by atoms with Gasteiger partial charge in [0.2, 0.25) is 0 Å². The highest BCUT2D eigenvalue weighted by molar-refractivity contribution is 5.93. The summed E-state index contributed by atoms with van der Waals surface area (Å²) in [5, 5.41) is 11.2. The van der Waals surface area contributed by atoms with Gasteiger partial charge in [-0.3, -0.25) is 4.79 Å². The lowest BCUT2D eigenvalue weighted by Gasteiger charge is -2.08. The molecule has 1 N–H and O–H groups in total. The van der Waals surface area contributed by atoms with E-state index in [-0.39, 0.29) is 11.2 Å². The number of hydrogen-bond donors (Lipinski definition) is 1. The Morgan fingerprint density at radius 2 is 1.50 bits per heavy atom. The molecule has 136 valence electrons. The normalized spacial score (nSPS) is 10.9. The third-order valence-corrected chi connectivity index (χ3v) is 4.22. The van der Waals surface area contributed by atoms with Crippen LogP contribution in [-0.2, 0) is 0 Å². The van der Waals surface area contributed by atoms with E-state index in [2.05, 4.69) is 0 Å². The van der Waals surface area contributed by atoms with Gasteiger partial charge in [0.25, 0.3) is 0 Å². The zero-order valence-electron chi connectivity index (χ0n) is 15.4. The Hall–Kier alpha value is -2.95. The van der Waals surface area contributed by atoms with Gasteiger partial charge in [0, 0.05) is 0 Å². The topological polar surface area (TPSA) is 68.9 Å². The summed E-state index contributed by atoms with van der Waals surface area (Å²) in [6.45, 7) is 8.25. The number of aromatic hydroxyl groups is 1. The minimum Gasteiger partial charge on any atom is -0.504 e. The van der Waals surface area contributed by atoms with Crippen molar-refractivity contribution in [1.29, 1.82) is 0 Å². The van der Waals surface area contributed by atoms with Crippen LogP contribution in [0, 0.1) is 13.8 Å². The van der Waals surface area contributed by atoms with Crippen molar-refractivity contribution in [2.75, 3.05) is 13.2 Å². The Morgan fingerprint density at radius 1 is 0.885 bits per heavy atom. The second-order valence-electron chi connectivity index (χ2n) is 5.99. The maximum Gasteiger partial charge on any atom is 0.190 e. The van der Waals surface area contributed by atoms with Crippen molar-refractivity contribution in [1.82, 2.24) is 0 Å². The summed E-state index contributed by atoms with van der Waals surface area (Å²) in [4.78, 5) is 12.8. The summed E-state index contributed by atoms with van der Waals surface area (Å²) < 4.78 is 16.9. The SMILES string of the molecule is CCOc1cc(-c2cc(OCC)c3c(C)oc(C)c3c(=O)c2)ccc1O. The number of hydrogen-bond acceptors (Lipinski definition) is 5. The van der Waals surface area contributed by atoms with E-state index >= 15 is 0 Å². The average molecular weight is 354 g/mol. The van der Waals surface area contributed by atoms with Crippen molar-refractivity contribution < 1.29 is 19.0 Å². The van der Waals surface area contributed by atoms with E-state index in [4.69, 9.17) is 13.9 Å². The lowest BCUT2D eigenvalue weighted by molar-refractivity contribution is 0.318. The summed E-state index contributed by atoms with van der Waals surface area (Å²) in [5.74, 6) is 2.27. The number of phenols is 1. The molecule has 0 amide bonds. The van der Waals surface area contributed by atoms with E-state index in [0.29, 0.717) is 52.6 Å². The number of rotatable bonds is 5. The molecule has 0 spiro atoms. The van der Waals surface area contributed by atoms with E-state index in [0.717, 1.165) is 5.56 Å². The zero-order chi connectivity index (χ0) is 18.8. The molecule has 26 heavy (non-hydrogen) atoms. The molecule has 0 aliphatic carbocycles. The maximum atomic E-state index is 12.8. The van der Waals surface area contributed by atoms with Gasteiger partial charge in [0.15, 0.2) is 16.9 Å². The molecule has 2 aromatic carbocycles. The Balaban J connectivity index is 2.31. The fourth-order valence-corrected chi connectivity index (χ4v) is 3.15. The van der Waals surface area contributed by atoms with E-state index in [1.807, 2.05) is 26.8 Å². The molecule has 0 aliphatic heterocycles. The Bertz CT molecular complexity index is 1020. The van der Waals surface area contributed by atoms with Crippen molar-refractivity contribution >= 4 is 10.8 Å². The van der Waals surface area contributed by atoms with E-state index in [9.17, 15) is 9.90 Å². The minimum atomic E-state index is -0.138. The van der Waals surface area contributed by atoms with Crippen LogP contribution in [0.3, 0.4) is 0 Å². The van der Waals surface area contributed by atoms with Crippen LogP contribution in [0.5, 0.6) is 17.2 Å². The van der Waals surface area contributed by atoms with Crippen molar-refractivity contribution in [2.45, 2.75) is 27.7 Å². The van der Waals surface area contributed by atoms with Crippen molar-refractivity contribution in [2.24, 2.45) is 0 Å². The molecule has 3 aromatic rings. The molecule has 5 heteroatoms. The fraction of sp³-hybridized carbons (Fsp3) is 0.286. The summed E-state index contributed by atoms with van der Waals surface area (Å²) in [7, 11) is 0. The monoisotopic (exact) mass is 354 g/mol. The average Bonchev–Trinajstić information content (AvgIpc) is 2.80. The van der Waals surface area contributed by atoms with Crippen molar-refractivity contribution in [3.63, 3.8) is 0 Å². The van der Waals surface area contributed by atoms with Gasteiger partial charge >= 0.3 is 0 Å². The van der Waals surface area contributed by atoms with E-state index in [1.54, 1.807) is 31.2 Å². The smallest absolute Gasteiger partial charge is 0.190 e. The number of furan rings is 1. The van der Waals surface area contributed by atoms with Crippen molar-refractivity contribution in [3.05, 3.63) is 52.1 Å². The van der Waals surface area contributed by atoms with Gasteiger partial charge in [-0.25, -0.2) is 0 Å². The van der Waals surface area contributed by atoms with Crippen LogP contribution in [-0.4, -0.2) is 18.3 Å². The molecule has 0 aliphatic rings. The van der Waals surface area contributed by atoms with Gasteiger partial charge in [-0.1, -0.05) is 6.07 Å². The Morgan fingerprint density at radius 3 is 2.19 bits per heavy atom. The lowest BCUT2D eigenvalue weighted by Crippen LogP contribution is -1.96. The number of aryl methyl sites for hydroxylation is 2. The quantitative estimate of drug-likeness (QED) is 0.726. The second kappa shape index (κ2) is 7.12. The molecule has 0 fully saturated rings. The first kappa shape index (κ1) is 17.9. The fourth-order valence-electron chi connectivity index (χ4n) is 3.15. The molecular weight excluding hydrogens is 332 g/mol. The third-order valence-electron chi connectivity index (χ3n) is 4.22. The molecule has 0 bridgehead atoms. The van der Waals surface area contributed by atoms with Gasteiger partial charge in [0.05, 0.1) is 24.0 Å². The molecule has 5 nitrogen and oxygen atoms in total. The predicted octanol–water partition coefficient (Wildman–Crippen LogP) is 4.58. The summed E-state index contributed by atoms with van der Waals surface area (Å²) in [6.07, 6.45) is 0. The van der Waals surface area contributed by atoms with Crippen LogP contribution in [0.4, 0.5) is 0 Å². The minimum absolute atomic E-state index is 0.0625. The largest absolute Gasteiger partial charge is 0.504 e.